The van der Waals surface area contributed by atoms with Gasteiger partial charge in [0.1, 0.15) is 16.4 Å². The number of rotatable bonds is 5. The number of anilines is 1. The molecule has 1 N–H and O–H groups in total. The van der Waals surface area contributed by atoms with E-state index in [2.05, 4.69) is 4.98 Å². The smallest absolute Gasteiger partial charge is 0.350 e. The lowest BCUT2D eigenvalue weighted by molar-refractivity contribution is -0.132. The zero-order chi connectivity index (χ0) is 25.4. The van der Waals surface area contributed by atoms with E-state index in [1.165, 1.54) is 19.1 Å². The number of aryl methyl sites for hydroxylation is 2. The zero-order valence-corrected chi connectivity index (χ0v) is 20.9. The van der Waals surface area contributed by atoms with Gasteiger partial charge in [0.05, 0.1) is 31.5 Å². The molecule has 0 bridgehead atoms. The lowest BCUT2D eigenvalue weighted by atomic mass is 9.95. The Kier molecular flexibility index (Phi) is 6.64. The summed E-state index contributed by atoms with van der Waals surface area (Å²) in [6.45, 7) is 3.41. The number of benzene rings is 2. The molecule has 8 nitrogen and oxygen atoms in total. The molecule has 3 aromatic rings. The van der Waals surface area contributed by atoms with Crippen LogP contribution < -0.4 is 9.64 Å². The monoisotopic (exact) mass is 512 g/mol. The number of ketones is 1. The molecule has 1 aromatic heterocycles. The first kappa shape index (κ1) is 24.4. The first-order valence-electron chi connectivity index (χ1n) is 10.4. The molecule has 2 heterocycles. The fraction of sp³-hybridized carbons (Fsp3) is 0.200. The highest BCUT2D eigenvalue weighted by Crippen LogP contribution is 2.44. The average Bonchev–Trinajstić information content (AvgIpc) is 3.34. The highest BCUT2D eigenvalue weighted by molar-refractivity contribution is 7.17. The Hall–Kier alpha value is -3.69. The Morgan fingerprint density at radius 2 is 1.89 bits per heavy atom. The first-order chi connectivity index (χ1) is 16.7. The second-order valence-electron chi connectivity index (χ2n) is 7.81. The molecule has 180 valence electrons. The number of nitrogens with zero attached hydrogens (tertiary/aromatic N) is 2. The number of hydrogen-bond acceptors (Lipinski definition) is 8. The van der Waals surface area contributed by atoms with E-state index < -0.39 is 23.7 Å². The maximum atomic E-state index is 13.3. The number of Topliss-reactive ketones (excluding diaryl/α,β-unsaturated/α-hetero) is 1. The standard InChI is InChI=1S/C25H21ClN2O6S/c1-12-10-15(8-9-17(12)33-3)20(29)18-19(14-6-5-7-16(26)11-14)28(23(31)21(18)30)25-27-13(2)22(35-25)24(32)34-4/h5-11,19,29H,1-4H3/b20-18+/t19-/m1/s1. The van der Waals surface area contributed by atoms with Crippen LogP contribution >= 0.6 is 22.9 Å². The van der Waals surface area contributed by atoms with Crippen molar-refractivity contribution in [2.45, 2.75) is 19.9 Å². The van der Waals surface area contributed by atoms with Crippen LogP contribution in [-0.2, 0) is 14.3 Å². The summed E-state index contributed by atoms with van der Waals surface area (Å²) in [4.78, 5) is 44.5. The molecule has 0 aliphatic carbocycles. The molecule has 1 aliphatic heterocycles. The van der Waals surface area contributed by atoms with Gasteiger partial charge in [0.25, 0.3) is 5.78 Å². The number of carbonyl (C=O) groups excluding carboxylic acids is 3. The van der Waals surface area contributed by atoms with Crippen LogP contribution in [0.4, 0.5) is 5.13 Å². The van der Waals surface area contributed by atoms with Gasteiger partial charge in [0, 0.05) is 10.6 Å². The van der Waals surface area contributed by atoms with Gasteiger partial charge in [-0.3, -0.25) is 14.5 Å². The summed E-state index contributed by atoms with van der Waals surface area (Å²) >= 11 is 7.15. The molecule has 1 atom stereocenters. The quantitative estimate of drug-likeness (QED) is 0.226. The molecule has 1 amide bonds. The number of hydrogen-bond donors (Lipinski definition) is 1. The van der Waals surface area contributed by atoms with Crippen LogP contribution in [0, 0.1) is 13.8 Å². The molecular weight excluding hydrogens is 492 g/mol. The minimum Gasteiger partial charge on any atom is -0.507 e. The van der Waals surface area contributed by atoms with E-state index in [4.69, 9.17) is 21.1 Å². The molecule has 0 unspecified atom stereocenters. The number of amides is 1. The van der Waals surface area contributed by atoms with Crippen molar-refractivity contribution in [1.29, 1.82) is 0 Å². The number of halogens is 1. The van der Waals surface area contributed by atoms with E-state index in [9.17, 15) is 19.5 Å². The third kappa shape index (κ3) is 4.28. The number of methoxy groups -OCH3 is 2. The maximum Gasteiger partial charge on any atom is 0.350 e. The lowest BCUT2D eigenvalue weighted by Gasteiger charge is -2.23. The van der Waals surface area contributed by atoms with Gasteiger partial charge in [-0.2, -0.15) is 0 Å². The minimum atomic E-state index is -1.02. The van der Waals surface area contributed by atoms with Crippen LogP contribution in [0.15, 0.2) is 48.0 Å². The number of ether oxygens (including phenoxy) is 2. The van der Waals surface area contributed by atoms with Crippen molar-refractivity contribution in [3.05, 3.63) is 80.3 Å². The van der Waals surface area contributed by atoms with E-state index in [0.29, 0.717) is 27.6 Å². The van der Waals surface area contributed by atoms with Gasteiger partial charge in [-0.1, -0.05) is 35.1 Å². The molecule has 0 radical (unpaired) electrons. The molecule has 4 rings (SSSR count). The fourth-order valence-corrected chi connectivity index (χ4v) is 5.18. The molecule has 2 aromatic carbocycles. The van der Waals surface area contributed by atoms with Gasteiger partial charge < -0.3 is 14.6 Å². The van der Waals surface area contributed by atoms with Gasteiger partial charge in [-0.05, 0) is 55.3 Å². The molecule has 1 fully saturated rings. The Morgan fingerprint density at radius 3 is 2.51 bits per heavy atom. The molecule has 35 heavy (non-hydrogen) atoms. The predicted octanol–water partition coefficient (Wildman–Crippen LogP) is 4.83. The summed E-state index contributed by atoms with van der Waals surface area (Å²) in [5, 5.41) is 11.8. The Labute approximate surface area is 210 Å². The van der Waals surface area contributed by atoms with Crippen molar-refractivity contribution < 1.29 is 29.0 Å². The minimum absolute atomic E-state index is 0.116. The van der Waals surface area contributed by atoms with Crippen LogP contribution in [0.2, 0.25) is 5.02 Å². The number of esters is 1. The van der Waals surface area contributed by atoms with E-state index in [1.807, 2.05) is 0 Å². The molecule has 1 aliphatic rings. The molecule has 10 heteroatoms. The first-order valence-corrected chi connectivity index (χ1v) is 11.6. The Balaban J connectivity index is 1.94. The molecule has 0 spiro atoms. The molecular formula is C25H21ClN2O6S. The van der Waals surface area contributed by atoms with Crippen molar-refractivity contribution in [2.24, 2.45) is 0 Å². The Morgan fingerprint density at radius 1 is 1.14 bits per heavy atom. The van der Waals surface area contributed by atoms with E-state index in [1.54, 1.807) is 56.3 Å². The van der Waals surface area contributed by atoms with Crippen molar-refractivity contribution in [3.8, 4) is 5.75 Å². The van der Waals surface area contributed by atoms with Crippen LogP contribution in [-0.4, -0.2) is 42.0 Å². The van der Waals surface area contributed by atoms with E-state index >= 15 is 0 Å². The van der Waals surface area contributed by atoms with Crippen molar-refractivity contribution in [3.63, 3.8) is 0 Å². The Bertz CT molecular complexity index is 1400. The third-order valence-electron chi connectivity index (χ3n) is 5.64. The van der Waals surface area contributed by atoms with Crippen molar-refractivity contribution in [1.82, 2.24) is 4.98 Å². The normalized spacial score (nSPS) is 17.1. The number of thiazole rings is 1. The molecule has 1 saturated heterocycles. The van der Waals surface area contributed by atoms with Gasteiger partial charge in [-0.25, -0.2) is 9.78 Å². The number of aliphatic hydroxyl groups excluding tert-OH is 1. The van der Waals surface area contributed by atoms with Gasteiger partial charge in [0.2, 0.25) is 0 Å². The van der Waals surface area contributed by atoms with Gasteiger partial charge in [-0.15, -0.1) is 0 Å². The van der Waals surface area contributed by atoms with Crippen LogP contribution in [0.5, 0.6) is 5.75 Å². The van der Waals surface area contributed by atoms with Gasteiger partial charge in [0.15, 0.2) is 5.13 Å². The zero-order valence-electron chi connectivity index (χ0n) is 19.3. The van der Waals surface area contributed by atoms with Crippen molar-refractivity contribution in [2.75, 3.05) is 19.1 Å². The van der Waals surface area contributed by atoms with Crippen LogP contribution in [0.1, 0.15) is 38.1 Å². The third-order valence-corrected chi connectivity index (χ3v) is 7.01. The fourth-order valence-electron chi connectivity index (χ4n) is 3.97. The summed E-state index contributed by atoms with van der Waals surface area (Å²) in [5.74, 6) is -2.10. The maximum absolute atomic E-state index is 13.3. The topological polar surface area (TPSA) is 106 Å². The largest absolute Gasteiger partial charge is 0.507 e. The summed E-state index contributed by atoms with van der Waals surface area (Å²) < 4.78 is 10.1. The molecule has 0 saturated carbocycles. The van der Waals surface area contributed by atoms with Crippen LogP contribution in [0.3, 0.4) is 0 Å². The average molecular weight is 513 g/mol. The van der Waals surface area contributed by atoms with E-state index in [-0.39, 0.29) is 21.3 Å². The predicted molar refractivity (Wildman–Crippen MR) is 132 cm³/mol. The lowest BCUT2D eigenvalue weighted by Crippen LogP contribution is -2.29. The van der Waals surface area contributed by atoms with Crippen molar-refractivity contribution >= 4 is 51.5 Å². The number of carbonyl (C=O) groups is 3. The number of aliphatic hydroxyl groups is 1. The number of aromatic nitrogens is 1. The van der Waals surface area contributed by atoms with Crippen LogP contribution in [0.25, 0.3) is 5.76 Å². The summed E-state index contributed by atoms with van der Waals surface area (Å²) in [6.07, 6.45) is 0. The second-order valence-corrected chi connectivity index (χ2v) is 9.23. The second kappa shape index (κ2) is 9.52. The SMILES string of the molecule is COC(=O)c1sc(N2C(=O)C(=O)/C(=C(/O)c3ccc(OC)c(C)c3)[C@H]2c2cccc(Cl)c2)nc1C. The highest BCUT2D eigenvalue weighted by Gasteiger charge is 2.48. The highest BCUT2D eigenvalue weighted by atomic mass is 35.5. The van der Waals surface area contributed by atoms with Gasteiger partial charge >= 0.3 is 11.9 Å². The summed E-state index contributed by atoms with van der Waals surface area (Å²) in [7, 11) is 2.78. The van der Waals surface area contributed by atoms with E-state index in [0.717, 1.165) is 16.9 Å². The summed E-state index contributed by atoms with van der Waals surface area (Å²) in [6, 6.07) is 10.6. The summed E-state index contributed by atoms with van der Waals surface area (Å²) in [5.41, 5.74) is 1.82.